The third kappa shape index (κ3) is 4.07. The Morgan fingerprint density at radius 2 is 1.97 bits per heavy atom. The van der Waals surface area contributed by atoms with Gasteiger partial charge in [0.15, 0.2) is 0 Å². The number of rotatable bonds is 2. The Morgan fingerprint density at radius 1 is 1.13 bits per heavy atom. The fourth-order valence-corrected chi connectivity index (χ4v) is 3.42. The first-order valence-electron chi connectivity index (χ1n) is 9.29. The van der Waals surface area contributed by atoms with Crippen LogP contribution in [0.4, 0.5) is 18.9 Å². The first kappa shape index (κ1) is 19.8. The van der Waals surface area contributed by atoms with E-state index in [2.05, 4.69) is 10.3 Å². The zero-order chi connectivity index (χ0) is 21.3. The van der Waals surface area contributed by atoms with Crippen LogP contribution in [0, 0.1) is 0 Å². The summed E-state index contributed by atoms with van der Waals surface area (Å²) >= 11 is 0. The molecule has 5 nitrogen and oxygen atoms in total. The zero-order valence-electron chi connectivity index (χ0n) is 15.7. The van der Waals surface area contributed by atoms with Gasteiger partial charge in [0.2, 0.25) is 11.5 Å². The number of fused-ring (bicyclic) bond motifs is 2. The molecule has 8 heteroatoms. The standard InChI is InChI=1S/C22H17F3N2O3/c23-22(24,25)15-7-8-16-14(4-2-10-30-18(16)12-15)11-20(29)26-17-5-1-3-13-6-9-19(28)27-21(13)17/h1,3,5-9,11-12H,2,4,10H2,(H,26,29)(H,27,28)/b14-11+. The van der Waals surface area contributed by atoms with Gasteiger partial charge in [0, 0.05) is 23.1 Å². The number of anilines is 1. The van der Waals surface area contributed by atoms with Crippen molar-refractivity contribution in [2.24, 2.45) is 0 Å². The minimum atomic E-state index is -4.47. The number of pyridine rings is 1. The maximum absolute atomic E-state index is 13.0. The number of para-hydroxylation sites is 1. The third-order valence-electron chi connectivity index (χ3n) is 4.83. The predicted octanol–water partition coefficient (Wildman–Crippen LogP) is 4.74. The van der Waals surface area contributed by atoms with E-state index in [-0.39, 0.29) is 17.9 Å². The summed E-state index contributed by atoms with van der Waals surface area (Å²) in [5, 5.41) is 3.50. The lowest BCUT2D eigenvalue weighted by Crippen LogP contribution is -2.11. The quantitative estimate of drug-likeness (QED) is 0.595. The van der Waals surface area contributed by atoms with Gasteiger partial charge in [-0.15, -0.1) is 0 Å². The Hall–Kier alpha value is -3.55. The summed E-state index contributed by atoms with van der Waals surface area (Å²) in [5.41, 5.74) is 0.884. The second-order valence-electron chi connectivity index (χ2n) is 6.91. The van der Waals surface area contributed by atoms with Crippen LogP contribution in [0.25, 0.3) is 16.5 Å². The monoisotopic (exact) mass is 414 g/mol. The Morgan fingerprint density at radius 3 is 2.77 bits per heavy atom. The summed E-state index contributed by atoms with van der Waals surface area (Å²) in [6.07, 6.45) is -2.06. The molecule has 0 unspecified atom stereocenters. The first-order valence-corrected chi connectivity index (χ1v) is 9.29. The number of halogens is 3. The van der Waals surface area contributed by atoms with Gasteiger partial charge in [-0.1, -0.05) is 18.2 Å². The fraction of sp³-hybridized carbons (Fsp3) is 0.182. The van der Waals surface area contributed by atoms with Gasteiger partial charge < -0.3 is 15.0 Å². The smallest absolute Gasteiger partial charge is 0.416 e. The molecule has 1 amide bonds. The molecule has 0 aliphatic carbocycles. The van der Waals surface area contributed by atoms with Crippen molar-refractivity contribution in [3.63, 3.8) is 0 Å². The maximum Gasteiger partial charge on any atom is 0.416 e. The van der Waals surface area contributed by atoms with Crippen molar-refractivity contribution in [1.29, 1.82) is 0 Å². The number of hydrogen-bond donors (Lipinski definition) is 2. The number of carbonyl (C=O) groups is 1. The molecular weight excluding hydrogens is 397 g/mol. The number of benzene rings is 2. The lowest BCUT2D eigenvalue weighted by molar-refractivity contribution is -0.137. The minimum Gasteiger partial charge on any atom is -0.493 e. The summed E-state index contributed by atoms with van der Waals surface area (Å²) in [6.45, 7) is 0.262. The Bertz CT molecular complexity index is 1210. The van der Waals surface area contributed by atoms with E-state index in [0.717, 1.165) is 17.5 Å². The van der Waals surface area contributed by atoms with Crippen molar-refractivity contribution < 1.29 is 22.7 Å². The van der Waals surface area contributed by atoms with Crippen LogP contribution in [0.5, 0.6) is 5.75 Å². The number of hydrogen-bond acceptors (Lipinski definition) is 3. The molecule has 154 valence electrons. The highest BCUT2D eigenvalue weighted by molar-refractivity contribution is 6.08. The van der Waals surface area contributed by atoms with Crippen molar-refractivity contribution >= 4 is 28.1 Å². The van der Waals surface area contributed by atoms with E-state index >= 15 is 0 Å². The van der Waals surface area contributed by atoms with Gasteiger partial charge >= 0.3 is 6.18 Å². The number of nitrogens with one attached hydrogen (secondary N) is 2. The summed E-state index contributed by atoms with van der Waals surface area (Å²) in [7, 11) is 0. The number of aromatic amines is 1. The van der Waals surface area contributed by atoms with Crippen LogP contribution in [-0.4, -0.2) is 17.5 Å². The van der Waals surface area contributed by atoms with E-state index in [0.29, 0.717) is 35.2 Å². The first-order chi connectivity index (χ1) is 14.3. The highest BCUT2D eigenvalue weighted by Gasteiger charge is 2.32. The number of ether oxygens (including phenoxy) is 1. The van der Waals surface area contributed by atoms with Crippen LogP contribution >= 0.6 is 0 Å². The molecular formula is C22H17F3N2O3. The Kier molecular flexibility index (Phi) is 5.07. The second kappa shape index (κ2) is 7.70. The highest BCUT2D eigenvalue weighted by Crippen LogP contribution is 2.38. The molecule has 1 aliphatic heterocycles. The molecule has 1 aliphatic rings. The molecule has 0 radical (unpaired) electrons. The molecule has 30 heavy (non-hydrogen) atoms. The van der Waals surface area contributed by atoms with Crippen LogP contribution < -0.4 is 15.6 Å². The van der Waals surface area contributed by atoms with Crippen LogP contribution in [0.1, 0.15) is 24.0 Å². The fourth-order valence-electron chi connectivity index (χ4n) is 3.42. The molecule has 0 fully saturated rings. The van der Waals surface area contributed by atoms with E-state index in [1.807, 2.05) is 0 Å². The third-order valence-corrected chi connectivity index (χ3v) is 4.83. The van der Waals surface area contributed by atoms with E-state index in [4.69, 9.17) is 4.74 Å². The highest BCUT2D eigenvalue weighted by atomic mass is 19.4. The number of carbonyl (C=O) groups excluding carboxylic acids is 1. The maximum atomic E-state index is 13.0. The van der Waals surface area contributed by atoms with Crippen LogP contribution in [0.2, 0.25) is 0 Å². The summed E-state index contributed by atoms with van der Waals surface area (Å²) < 4.78 is 44.5. The normalized spacial score (nSPS) is 15.4. The SMILES string of the molecule is O=C(/C=C1\CCCOc2cc(C(F)(F)F)ccc21)Nc1cccc2ccc(=O)[nH]c12. The second-order valence-corrected chi connectivity index (χ2v) is 6.91. The number of aromatic nitrogens is 1. The molecule has 0 spiro atoms. The largest absolute Gasteiger partial charge is 0.493 e. The summed E-state index contributed by atoms with van der Waals surface area (Å²) in [4.78, 5) is 27.0. The lowest BCUT2D eigenvalue weighted by Gasteiger charge is -2.13. The minimum absolute atomic E-state index is 0.107. The molecule has 4 rings (SSSR count). The van der Waals surface area contributed by atoms with Gasteiger partial charge in [-0.2, -0.15) is 13.2 Å². The molecule has 2 aromatic carbocycles. The summed E-state index contributed by atoms with van der Waals surface area (Å²) in [6, 6.07) is 11.5. The molecule has 0 saturated carbocycles. The predicted molar refractivity (Wildman–Crippen MR) is 107 cm³/mol. The van der Waals surface area contributed by atoms with Crippen molar-refractivity contribution in [2.45, 2.75) is 19.0 Å². The lowest BCUT2D eigenvalue weighted by atomic mass is 9.99. The van der Waals surface area contributed by atoms with Gasteiger partial charge in [0.1, 0.15) is 5.75 Å². The van der Waals surface area contributed by atoms with Crippen LogP contribution in [-0.2, 0) is 11.0 Å². The molecule has 0 bridgehead atoms. The summed E-state index contributed by atoms with van der Waals surface area (Å²) in [5.74, 6) is -0.342. The Balaban J connectivity index is 1.66. The average molecular weight is 414 g/mol. The number of alkyl halides is 3. The topological polar surface area (TPSA) is 71.2 Å². The van der Waals surface area contributed by atoms with Crippen molar-refractivity contribution in [2.75, 3.05) is 11.9 Å². The van der Waals surface area contributed by atoms with Gasteiger partial charge in [-0.25, -0.2) is 0 Å². The van der Waals surface area contributed by atoms with E-state index in [9.17, 15) is 22.8 Å². The van der Waals surface area contributed by atoms with Crippen molar-refractivity contribution in [1.82, 2.24) is 4.98 Å². The molecule has 2 heterocycles. The van der Waals surface area contributed by atoms with E-state index < -0.39 is 17.6 Å². The molecule has 1 aromatic heterocycles. The van der Waals surface area contributed by atoms with E-state index in [1.165, 1.54) is 18.2 Å². The van der Waals surface area contributed by atoms with Crippen LogP contribution in [0.3, 0.4) is 0 Å². The number of allylic oxidation sites excluding steroid dienone is 1. The molecule has 0 atom stereocenters. The van der Waals surface area contributed by atoms with Gasteiger partial charge in [0.05, 0.1) is 23.4 Å². The van der Waals surface area contributed by atoms with Gasteiger partial charge in [-0.05, 0) is 42.7 Å². The van der Waals surface area contributed by atoms with Gasteiger partial charge in [0.25, 0.3) is 0 Å². The van der Waals surface area contributed by atoms with Crippen molar-refractivity contribution in [3.05, 3.63) is 76.1 Å². The van der Waals surface area contributed by atoms with Gasteiger partial charge in [-0.3, -0.25) is 9.59 Å². The number of H-pyrrole nitrogens is 1. The molecule has 2 N–H and O–H groups in total. The molecule has 0 saturated heterocycles. The molecule has 3 aromatic rings. The number of amides is 1. The van der Waals surface area contributed by atoms with Crippen LogP contribution in [0.15, 0.2) is 59.4 Å². The average Bonchev–Trinajstić information content (AvgIpc) is 2.89. The van der Waals surface area contributed by atoms with Crippen molar-refractivity contribution in [3.8, 4) is 5.75 Å². The zero-order valence-corrected chi connectivity index (χ0v) is 15.7. The Labute approximate surface area is 169 Å². The van der Waals surface area contributed by atoms with E-state index in [1.54, 1.807) is 24.3 Å².